The molecule has 0 saturated carbocycles. The first-order chi connectivity index (χ1) is 5.10. The van der Waals surface area contributed by atoms with Crippen LogP contribution in [0.4, 0.5) is 0 Å². The van der Waals surface area contributed by atoms with E-state index in [0.717, 1.165) is 7.05 Å². The fourth-order valence-electron chi connectivity index (χ4n) is 0.0667. The predicted molar refractivity (Wildman–Crippen MR) is 29.3 cm³/mol. The van der Waals surface area contributed by atoms with Gasteiger partial charge in [-0.15, -0.1) is 11.6 Å². The topological polar surface area (TPSA) is 3.24 Å². The maximum Gasteiger partial charge on any atom is 0.0449 e. The molecular weight excluding hydrogens is 97.5 g/mol. The minimum atomic E-state index is -2.61. The van der Waals surface area contributed by atoms with Crippen LogP contribution in [0.5, 0.6) is 0 Å². The van der Waals surface area contributed by atoms with Crippen LogP contribution in [0.1, 0.15) is 8.22 Å². The van der Waals surface area contributed by atoms with Crippen molar-refractivity contribution in [2.45, 2.75) is 0 Å². The molecule has 0 atom stereocenters. The number of alkyl halides is 1. The second-order valence-electron chi connectivity index (χ2n) is 0.817. The van der Waals surface area contributed by atoms with Crippen LogP contribution in [-0.4, -0.2) is 31.3 Å². The van der Waals surface area contributed by atoms with Gasteiger partial charge in [-0.25, -0.2) is 0 Å². The highest BCUT2D eigenvalue weighted by molar-refractivity contribution is 6.18. The fourth-order valence-corrected chi connectivity index (χ4v) is 0.200. The SMILES string of the molecule is [2H]C([2H])N(C)C([2H])([2H])C([2H])([2H])Cl. The summed E-state index contributed by atoms with van der Waals surface area (Å²) in [5, 5.41) is 0. The molecule has 0 radical (unpaired) electrons. The molecule has 0 fully saturated rings. The molecule has 0 heterocycles. The molecule has 1 nitrogen and oxygen atoms in total. The van der Waals surface area contributed by atoms with Crippen molar-refractivity contribution in [3.63, 3.8) is 0 Å². The van der Waals surface area contributed by atoms with Crippen molar-refractivity contribution >= 4 is 11.6 Å². The van der Waals surface area contributed by atoms with Gasteiger partial charge >= 0.3 is 0 Å². The Morgan fingerprint density at radius 3 is 3.00 bits per heavy atom. The summed E-state index contributed by atoms with van der Waals surface area (Å²) in [5.74, 6) is -2.61. The van der Waals surface area contributed by atoms with E-state index in [9.17, 15) is 0 Å². The zero-order valence-electron chi connectivity index (χ0n) is 9.40. The van der Waals surface area contributed by atoms with Gasteiger partial charge in [-0.2, -0.15) is 0 Å². The third-order valence-electron chi connectivity index (χ3n) is 0.219. The van der Waals surface area contributed by atoms with Crippen molar-refractivity contribution in [1.29, 1.82) is 0 Å². The number of rotatable bonds is 2. The zero-order valence-corrected chi connectivity index (χ0v) is 4.16. The lowest BCUT2D eigenvalue weighted by Crippen LogP contribution is -2.13. The van der Waals surface area contributed by atoms with Gasteiger partial charge in [0.15, 0.2) is 0 Å². The van der Waals surface area contributed by atoms with Crippen LogP contribution in [0.3, 0.4) is 0 Å². The summed E-state index contributed by atoms with van der Waals surface area (Å²) in [6.45, 7) is -4.11. The van der Waals surface area contributed by atoms with Crippen LogP contribution in [0.25, 0.3) is 0 Å². The Kier molecular flexibility index (Phi) is 0.780. The number of nitrogens with zero attached hydrogens (tertiary/aromatic N) is 1. The standard InChI is InChI=1S/C4H10ClN/c1-6(2)4-3-5/h3-4H2,1-2H3/i1D2,3D2,4D2. The summed E-state index contributed by atoms with van der Waals surface area (Å²) in [5.41, 5.74) is 0. The van der Waals surface area contributed by atoms with Crippen molar-refractivity contribution < 1.29 is 8.22 Å². The minimum absolute atomic E-state index is 0.597. The maximum atomic E-state index is 7.16. The molecule has 0 bridgehead atoms. The molecule has 38 valence electrons. The summed E-state index contributed by atoms with van der Waals surface area (Å²) >= 11 is 5.11. The van der Waals surface area contributed by atoms with Crippen LogP contribution in [-0.2, 0) is 0 Å². The van der Waals surface area contributed by atoms with Crippen LogP contribution in [0, 0.1) is 0 Å². The first-order valence-electron chi connectivity index (χ1n) is 4.52. The average molecular weight is 114 g/mol. The Bertz CT molecular complexity index is 154. The van der Waals surface area contributed by atoms with E-state index < -0.39 is 19.3 Å². The molecule has 0 aliphatic heterocycles. The molecule has 0 rings (SSSR count). The zero-order chi connectivity index (χ0) is 10.2. The van der Waals surface area contributed by atoms with E-state index in [4.69, 9.17) is 19.8 Å². The smallest absolute Gasteiger partial charge is 0.0449 e. The predicted octanol–water partition coefficient (Wildman–Crippen LogP) is 0.787. The van der Waals surface area contributed by atoms with E-state index in [-0.39, 0.29) is 0 Å². The maximum absolute atomic E-state index is 7.16. The quantitative estimate of drug-likeness (QED) is 0.479. The Morgan fingerprint density at radius 2 is 2.83 bits per heavy atom. The highest BCUT2D eigenvalue weighted by Gasteiger charge is 1.81. The average Bonchev–Trinajstić information content (AvgIpc) is 1.83. The van der Waals surface area contributed by atoms with Gasteiger partial charge in [-0.1, -0.05) is 0 Å². The normalized spacial score (nSPS) is 30.0. The third kappa shape index (κ3) is 4.25. The van der Waals surface area contributed by atoms with Crippen molar-refractivity contribution in [3.8, 4) is 0 Å². The molecule has 0 aliphatic rings. The van der Waals surface area contributed by atoms with E-state index in [2.05, 4.69) is 0 Å². The Morgan fingerprint density at radius 1 is 2.17 bits per heavy atom. The van der Waals surface area contributed by atoms with E-state index in [1.165, 1.54) is 0 Å². The van der Waals surface area contributed by atoms with E-state index in [0.29, 0.717) is 4.90 Å². The van der Waals surface area contributed by atoms with Crippen LogP contribution in [0.2, 0.25) is 0 Å². The summed E-state index contributed by atoms with van der Waals surface area (Å²) in [7, 11) is 1.13. The van der Waals surface area contributed by atoms with Gasteiger partial charge in [0.2, 0.25) is 0 Å². The second-order valence-corrected chi connectivity index (χ2v) is 1.01. The lowest BCUT2D eigenvalue weighted by atomic mass is 10.7. The Balaban J connectivity index is 4.61. The lowest BCUT2D eigenvalue weighted by Gasteiger charge is -2.02. The molecule has 0 aliphatic carbocycles. The van der Waals surface area contributed by atoms with Crippen molar-refractivity contribution in [2.24, 2.45) is 0 Å². The first kappa shape index (κ1) is 1.36. The first-order valence-corrected chi connectivity index (χ1v) is 1.75. The Labute approximate surface area is 52.3 Å². The minimum Gasteiger partial charge on any atom is -0.308 e. The summed E-state index contributed by atoms with van der Waals surface area (Å²) in [6, 6.07) is 0. The van der Waals surface area contributed by atoms with E-state index in [1.54, 1.807) is 0 Å². The molecule has 0 aromatic rings. The molecule has 2 heteroatoms. The fraction of sp³-hybridized carbons (Fsp3) is 1.00. The third-order valence-corrected chi connectivity index (χ3v) is 0.303. The van der Waals surface area contributed by atoms with Crippen LogP contribution >= 0.6 is 11.6 Å². The van der Waals surface area contributed by atoms with Crippen molar-refractivity contribution in [1.82, 2.24) is 4.90 Å². The molecule has 6 heavy (non-hydrogen) atoms. The molecule has 0 spiro atoms. The molecule has 0 aromatic carbocycles. The highest BCUT2D eigenvalue weighted by Crippen LogP contribution is 1.75. The van der Waals surface area contributed by atoms with Gasteiger partial charge in [0.05, 0.1) is 0 Å². The number of halogens is 1. The molecule has 0 saturated heterocycles. The largest absolute Gasteiger partial charge is 0.308 e. The van der Waals surface area contributed by atoms with E-state index >= 15 is 0 Å². The molecular formula is C4H10ClN. The number of hydrogen-bond acceptors (Lipinski definition) is 1. The second kappa shape index (κ2) is 3.44. The van der Waals surface area contributed by atoms with Crippen LogP contribution in [0.15, 0.2) is 0 Å². The van der Waals surface area contributed by atoms with E-state index in [1.807, 2.05) is 0 Å². The lowest BCUT2D eigenvalue weighted by molar-refractivity contribution is 0.436. The van der Waals surface area contributed by atoms with Gasteiger partial charge in [0, 0.05) is 20.6 Å². The molecule has 0 aromatic heterocycles. The Hall–Kier alpha value is 0.250. The molecule has 0 N–H and O–H groups in total. The summed E-state index contributed by atoms with van der Waals surface area (Å²) in [6.07, 6.45) is 0. The van der Waals surface area contributed by atoms with Gasteiger partial charge in [0.25, 0.3) is 0 Å². The van der Waals surface area contributed by atoms with Crippen molar-refractivity contribution in [2.75, 3.05) is 26.4 Å². The van der Waals surface area contributed by atoms with Gasteiger partial charge < -0.3 is 4.90 Å². The number of hydrogen-bond donors (Lipinski definition) is 0. The monoisotopic (exact) mass is 113 g/mol. The molecule has 0 unspecified atom stereocenters. The summed E-state index contributed by atoms with van der Waals surface area (Å²) in [4.78, 5) is 0.597. The van der Waals surface area contributed by atoms with Crippen LogP contribution < -0.4 is 0 Å². The molecule has 0 amide bonds. The van der Waals surface area contributed by atoms with Gasteiger partial charge in [-0.3, -0.25) is 0 Å². The van der Waals surface area contributed by atoms with Gasteiger partial charge in [-0.05, 0) is 14.0 Å². The summed E-state index contributed by atoms with van der Waals surface area (Å²) < 4.78 is 41.8. The van der Waals surface area contributed by atoms with Gasteiger partial charge in [0.1, 0.15) is 0 Å². The highest BCUT2D eigenvalue weighted by atomic mass is 35.5. The van der Waals surface area contributed by atoms with Crippen molar-refractivity contribution in [3.05, 3.63) is 0 Å².